The smallest absolute Gasteiger partial charge is 0.456 e. The predicted molar refractivity (Wildman–Crippen MR) is 81.7 cm³/mol. The number of ketones is 1. The van der Waals surface area contributed by atoms with E-state index in [2.05, 4.69) is 4.52 Å². The summed E-state index contributed by atoms with van der Waals surface area (Å²) in [7, 11) is -2.91. The number of halogens is 1. The summed E-state index contributed by atoms with van der Waals surface area (Å²) in [5, 5.41) is 0.557. The third-order valence-electron chi connectivity index (χ3n) is 3.27. The molecule has 1 heterocycles. The largest absolute Gasteiger partial charge is 0.695 e. The molecule has 1 atom stereocenters. The molecule has 2 aromatic carbocycles. The van der Waals surface area contributed by atoms with Crippen LogP contribution in [0.4, 0.5) is 4.39 Å². The maximum absolute atomic E-state index is 14.0. The first-order chi connectivity index (χ1) is 11.0. The van der Waals surface area contributed by atoms with Gasteiger partial charge in [0, 0.05) is 21.6 Å². The van der Waals surface area contributed by atoms with Gasteiger partial charge in [0.2, 0.25) is 0 Å². The van der Waals surface area contributed by atoms with Crippen LogP contribution in [0, 0.1) is 5.82 Å². The Morgan fingerprint density at radius 1 is 1.22 bits per heavy atom. The van der Waals surface area contributed by atoms with Crippen molar-refractivity contribution in [1.29, 1.82) is 0 Å². The van der Waals surface area contributed by atoms with E-state index in [1.807, 2.05) is 30.3 Å². The lowest BCUT2D eigenvalue weighted by Crippen LogP contribution is -2.08. The van der Waals surface area contributed by atoms with Crippen LogP contribution < -0.4 is 0 Å². The van der Waals surface area contributed by atoms with E-state index in [-0.39, 0.29) is 5.56 Å². The molecule has 0 aliphatic heterocycles. The molecule has 0 bridgehead atoms. The van der Waals surface area contributed by atoms with Gasteiger partial charge in [0.25, 0.3) is 0 Å². The molecule has 1 unspecified atom stereocenters. The van der Waals surface area contributed by atoms with E-state index in [1.54, 1.807) is 6.07 Å². The van der Waals surface area contributed by atoms with E-state index in [1.165, 1.54) is 6.07 Å². The fourth-order valence-corrected chi connectivity index (χ4v) is 2.44. The Hall–Kier alpha value is -2.40. The summed E-state index contributed by atoms with van der Waals surface area (Å²) in [6.07, 6.45) is 0. The molecule has 0 saturated carbocycles. The van der Waals surface area contributed by atoms with Crippen LogP contribution in [-0.4, -0.2) is 17.3 Å². The maximum Gasteiger partial charge on any atom is 0.695 e. The van der Waals surface area contributed by atoms with E-state index < -0.39 is 26.5 Å². The minimum absolute atomic E-state index is 0.213. The third kappa shape index (κ3) is 3.35. The van der Waals surface area contributed by atoms with Gasteiger partial charge < -0.3 is 4.42 Å². The normalized spacial score (nSPS) is 11.7. The van der Waals surface area contributed by atoms with Crippen LogP contribution in [0.3, 0.4) is 0 Å². The van der Waals surface area contributed by atoms with Crippen LogP contribution in [0.15, 0.2) is 52.9 Å². The van der Waals surface area contributed by atoms with Gasteiger partial charge in [-0.25, -0.2) is 4.39 Å². The molecule has 0 spiro atoms. The highest BCUT2D eigenvalue weighted by Gasteiger charge is 2.21. The van der Waals surface area contributed by atoms with Gasteiger partial charge in [0.05, 0.1) is 5.56 Å². The lowest BCUT2D eigenvalue weighted by molar-refractivity contribution is 0.0913. The van der Waals surface area contributed by atoms with Gasteiger partial charge in [-0.15, -0.1) is 9.42 Å². The molecule has 0 radical (unpaired) electrons. The van der Waals surface area contributed by atoms with Crippen molar-refractivity contribution >= 4 is 25.0 Å². The van der Waals surface area contributed by atoms with E-state index in [4.69, 9.17) is 9.31 Å². The minimum atomic E-state index is -2.91. The molecule has 0 saturated heterocycles. The number of rotatable bonds is 5. The Bertz CT molecular complexity index is 888. The molecule has 0 amide bonds. The summed E-state index contributed by atoms with van der Waals surface area (Å²) in [6.45, 7) is -0.669. The molecule has 0 fully saturated rings. The molecule has 1 aromatic heterocycles. The Labute approximate surface area is 131 Å². The molecule has 0 aliphatic carbocycles. The van der Waals surface area contributed by atoms with Gasteiger partial charge in [0.15, 0.2) is 12.4 Å². The van der Waals surface area contributed by atoms with E-state index >= 15 is 0 Å². The van der Waals surface area contributed by atoms with Gasteiger partial charge in [-0.1, -0.05) is 30.3 Å². The van der Waals surface area contributed by atoms with Crippen molar-refractivity contribution in [3.63, 3.8) is 0 Å². The quantitative estimate of drug-likeness (QED) is 0.562. The van der Waals surface area contributed by atoms with Gasteiger partial charge in [-0.3, -0.25) is 4.79 Å². The van der Waals surface area contributed by atoms with E-state index in [0.717, 1.165) is 11.6 Å². The molecular weight excluding hydrogens is 322 g/mol. The number of furan rings is 1. The zero-order chi connectivity index (χ0) is 16.4. The first kappa shape index (κ1) is 15.5. The molecule has 3 rings (SSSR count). The number of hydrogen-bond donors (Lipinski definition) is 1. The van der Waals surface area contributed by atoms with Crippen molar-refractivity contribution < 1.29 is 27.6 Å². The minimum Gasteiger partial charge on any atom is -0.456 e. The second-order valence-electron chi connectivity index (χ2n) is 4.78. The van der Waals surface area contributed by atoms with Crippen molar-refractivity contribution in [2.24, 2.45) is 0 Å². The lowest BCUT2D eigenvalue weighted by atomic mass is 10.1. The molecule has 23 heavy (non-hydrogen) atoms. The first-order valence-electron chi connectivity index (χ1n) is 6.65. The summed E-state index contributed by atoms with van der Waals surface area (Å²) in [4.78, 5) is 20.4. The van der Waals surface area contributed by atoms with Gasteiger partial charge >= 0.3 is 8.25 Å². The lowest BCUT2D eigenvalue weighted by Gasteiger charge is -1.99. The highest BCUT2D eigenvalue weighted by molar-refractivity contribution is 7.32. The topological polar surface area (TPSA) is 76.7 Å². The number of carbonyl (C=O) groups is 1. The zero-order valence-corrected chi connectivity index (χ0v) is 12.6. The molecule has 1 N–H and O–H groups in total. The molecular formula is C16H11FO5P+. The van der Waals surface area contributed by atoms with E-state index in [0.29, 0.717) is 16.7 Å². The second-order valence-corrected chi connectivity index (χ2v) is 5.51. The number of carbonyl (C=O) groups excluding carboxylic acids is 1. The van der Waals surface area contributed by atoms with Gasteiger partial charge in [-0.2, -0.15) is 0 Å². The summed E-state index contributed by atoms with van der Waals surface area (Å²) in [6, 6.07) is 13.4. The highest BCUT2D eigenvalue weighted by atomic mass is 31.1. The monoisotopic (exact) mass is 333 g/mol. The number of benzene rings is 2. The maximum atomic E-state index is 14.0. The van der Waals surface area contributed by atoms with Crippen LogP contribution >= 0.6 is 8.25 Å². The average Bonchev–Trinajstić information content (AvgIpc) is 2.95. The number of fused-ring (bicyclic) bond motifs is 1. The standard InChI is InChI=1S/C16H10FO5P/c17-13-8-16-11(6-12(13)14(18)9-21-23(19)20)7-15(22-16)10-4-2-1-3-5-10/h1-8H,9H2/p+1. The fourth-order valence-electron chi connectivity index (χ4n) is 2.21. The summed E-state index contributed by atoms with van der Waals surface area (Å²) >= 11 is 0. The Balaban J connectivity index is 1.98. The van der Waals surface area contributed by atoms with Crippen LogP contribution in [0.5, 0.6) is 0 Å². The molecule has 7 heteroatoms. The van der Waals surface area contributed by atoms with E-state index in [9.17, 15) is 13.8 Å². The van der Waals surface area contributed by atoms with Crippen molar-refractivity contribution in [2.75, 3.05) is 6.61 Å². The Morgan fingerprint density at radius 2 is 1.96 bits per heavy atom. The second kappa shape index (κ2) is 6.38. The van der Waals surface area contributed by atoms with Gasteiger partial charge in [0.1, 0.15) is 17.2 Å². The number of hydrogen-bond acceptors (Lipinski definition) is 4. The van der Waals surface area contributed by atoms with Crippen molar-refractivity contribution in [1.82, 2.24) is 0 Å². The van der Waals surface area contributed by atoms with Gasteiger partial charge in [-0.05, 0) is 12.1 Å². The van der Waals surface area contributed by atoms with Crippen LogP contribution in [0.25, 0.3) is 22.3 Å². The van der Waals surface area contributed by atoms with Crippen molar-refractivity contribution in [3.05, 3.63) is 59.9 Å². The van der Waals surface area contributed by atoms with Crippen molar-refractivity contribution in [2.45, 2.75) is 0 Å². The number of Topliss-reactive ketones (excluding diaryl/α,β-unsaturated/α-hetero) is 1. The molecule has 5 nitrogen and oxygen atoms in total. The van der Waals surface area contributed by atoms with Crippen LogP contribution in [-0.2, 0) is 9.09 Å². The average molecular weight is 333 g/mol. The fraction of sp³-hybridized carbons (Fsp3) is 0.0625. The predicted octanol–water partition coefficient (Wildman–Crippen LogP) is 4.09. The molecule has 116 valence electrons. The summed E-state index contributed by atoms with van der Waals surface area (Å²) in [5.41, 5.74) is 0.930. The SMILES string of the molecule is O=C(CO[P+](=O)O)c1cc2cc(-c3ccccc3)oc2cc1F. The zero-order valence-electron chi connectivity index (χ0n) is 11.7. The summed E-state index contributed by atoms with van der Waals surface area (Å²) in [5.74, 6) is -0.934. The Morgan fingerprint density at radius 3 is 2.65 bits per heavy atom. The third-order valence-corrected chi connectivity index (χ3v) is 3.62. The molecule has 3 aromatic rings. The molecule has 0 aliphatic rings. The highest BCUT2D eigenvalue weighted by Crippen LogP contribution is 2.29. The van der Waals surface area contributed by atoms with Crippen molar-refractivity contribution in [3.8, 4) is 11.3 Å². The first-order valence-corrected chi connectivity index (χ1v) is 7.78. The summed E-state index contributed by atoms with van der Waals surface area (Å²) < 4.78 is 34.4. The van der Waals surface area contributed by atoms with Crippen LogP contribution in [0.2, 0.25) is 0 Å². The van der Waals surface area contributed by atoms with Crippen LogP contribution in [0.1, 0.15) is 10.4 Å². The Kier molecular flexibility index (Phi) is 4.30.